The molecule has 2 aromatic carbocycles. The van der Waals surface area contributed by atoms with Gasteiger partial charge in [0.15, 0.2) is 0 Å². The molecule has 0 fully saturated rings. The Morgan fingerprint density at radius 1 is 1.00 bits per heavy atom. The summed E-state index contributed by atoms with van der Waals surface area (Å²) < 4.78 is 2.87. The Hall–Kier alpha value is -2.14. The molecule has 0 bridgehead atoms. The number of aryl methyl sites for hydroxylation is 2. The van der Waals surface area contributed by atoms with Gasteiger partial charge in [-0.1, -0.05) is 12.1 Å². The molecule has 124 valence electrons. The number of nitrogens with one attached hydrogen (secondary N) is 2. The molecule has 0 aromatic heterocycles. The van der Waals surface area contributed by atoms with Crippen molar-refractivity contribution in [1.29, 1.82) is 0 Å². The fourth-order valence-electron chi connectivity index (χ4n) is 3.79. The molecule has 4 N–H and O–H groups in total. The number of urea groups is 1. The molecule has 5 heteroatoms. The lowest BCUT2D eigenvalue weighted by Crippen LogP contribution is -2.24. The predicted molar refractivity (Wildman–Crippen MR) is 99.4 cm³/mol. The van der Waals surface area contributed by atoms with E-state index in [4.69, 9.17) is 5.73 Å². The largest absolute Gasteiger partial charge is 0.399 e. The van der Waals surface area contributed by atoms with Crippen LogP contribution in [-0.2, 0) is 25.7 Å². The summed E-state index contributed by atoms with van der Waals surface area (Å²) in [7, 11) is 0. The molecule has 2 aliphatic carbocycles. The third-order valence-electron chi connectivity index (χ3n) is 4.83. The number of anilines is 2. The van der Waals surface area contributed by atoms with Crippen LogP contribution in [-0.4, -0.2) is 6.03 Å². The highest BCUT2D eigenvalue weighted by molar-refractivity contribution is 7.98. The summed E-state index contributed by atoms with van der Waals surface area (Å²) in [6, 6.07) is 9.70. The van der Waals surface area contributed by atoms with Crippen LogP contribution in [0.2, 0.25) is 0 Å². The normalized spacial score (nSPS) is 15.0. The summed E-state index contributed by atoms with van der Waals surface area (Å²) >= 11 is 1.29. The first kappa shape index (κ1) is 15.4. The minimum absolute atomic E-state index is 0.170. The van der Waals surface area contributed by atoms with Crippen molar-refractivity contribution in [3.63, 3.8) is 0 Å². The number of hydrogen-bond acceptors (Lipinski definition) is 3. The van der Waals surface area contributed by atoms with Gasteiger partial charge in [-0.2, -0.15) is 0 Å². The maximum absolute atomic E-state index is 12.4. The molecule has 24 heavy (non-hydrogen) atoms. The van der Waals surface area contributed by atoms with Crippen LogP contribution in [0.1, 0.15) is 35.1 Å². The Morgan fingerprint density at radius 2 is 1.71 bits per heavy atom. The standard InChI is InChI=1S/C19H21N3OS/c20-14-6-3-7-15(11-14)24-22-19(23)21-18-16-8-1-4-12(16)10-13-5-2-9-17(13)18/h3,6-7,10-11H,1-2,4-5,8-9,20H2,(H2,21,22,23). The molecule has 2 amide bonds. The number of rotatable bonds is 3. The number of carbonyl (C=O) groups is 1. The van der Waals surface area contributed by atoms with Gasteiger partial charge in [-0.3, -0.25) is 4.72 Å². The van der Waals surface area contributed by atoms with E-state index in [1.807, 2.05) is 24.3 Å². The predicted octanol–water partition coefficient (Wildman–Crippen LogP) is 4.08. The Kier molecular flexibility index (Phi) is 4.10. The van der Waals surface area contributed by atoms with Gasteiger partial charge in [0.1, 0.15) is 0 Å². The number of nitrogens with two attached hydrogens (primary N) is 1. The molecule has 4 nitrogen and oxygen atoms in total. The lowest BCUT2D eigenvalue weighted by molar-refractivity contribution is 0.257. The topological polar surface area (TPSA) is 67.1 Å². The van der Waals surface area contributed by atoms with E-state index in [0.29, 0.717) is 5.69 Å². The fraction of sp³-hybridized carbons (Fsp3) is 0.316. The molecule has 0 heterocycles. The SMILES string of the molecule is Nc1cccc(SNC(=O)Nc2c3c(cc4c2CCC4)CCC3)c1. The van der Waals surface area contributed by atoms with Gasteiger partial charge in [-0.15, -0.1) is 0 Å². The van der Waals surface area contributed by atoms with Gasteiger partial charge in [0.25, 0.3) is 0 Å². The van der Waals surface area contributed by atoms with E-state index < -0.39 is 0 Å². The minimum atomic E-state index is -0.170. The molecule has 4 rings (SSSR count). The molecule has 0 saturated heterocycles. The molecule has 0 atom stereocenters. The van der Waals surface area contributed by atoms with E-state index >= 15 is 0 Å². The first-order valence-electron chi connectivity index (χ1n) is 8.46. The zero-order chi connectivity index (χ0) is 16.5. The molecule has 0 spiro atoms. The van der Waals surface area contributed by atoms with Crippen molar-refractivity contribution >= 4 is 29.4 Å². The quantitative estimate of drug-likeness (QED) is 0.583. The third kappa shape index (κ3) is 2.96. The third-order valence-corrected chi connectivity index (χ3v) is 5.61. The van der Waals surface area contributed by atoms with E-state index in [0.717, 1.165) is 36.3 Å². The average Bonchev–Trinajstić information content (AvgIpc) is 3.21. The summed E-state index contributed by atoms with van der Waals surface area (Å²) in [6.45, 7) is 0. The number of amides is 2. The molecule has 0 saturated carbocycles. The van der Waals surface area contributed by atoms with Gasteiger partial charge in [0.2, 0.25) is 0 Å². The Balaban J connectivity index is 1.50. The first-order valence-corrected chi connectivity index (χ1v) is 9.28. The molecule has 0 radical (unpaired) electrons. The maximum Gasteiger partial charge on any atom is 0.329 e. The van der Waals surface area contributed by atoms with Crippen LogP contribution in [0.5, 0.6) is 0 Å². The average molecular weight is 339 g/mol. The van der Waals surface area contributed by atoms with Crippen molar-refractivity contribution in [3.05, 3.63) is 52.6 Å². The lowest BCUT2D eigenvalue weighted by atomic mass is 9.99. The monoisotopic (exact) mass is 339 g/mol. The van der Waals surface area contributed by atoms with E-state index in [1.54, 1.807) is 0 Å². The highest BCUT2D eigenvalue weighted by atomic mass is 32.2. The van der Waals surface area contributed by atoms with E-state index in [-0.39, 0.29) is 6.03 Å². The summed E-state index contributed by atoms with van der Waals surface area (Å²) in [5.74, 6) is 0. The molecular weight excluding hydrogens is 318 g/mol. The van der Waals surface area contributed by atoms with Gasteiger partial charge < -0.3 is 11.1 Å². The van der Waals surface area contributed by atoms with E-state index in [1.165, 1.54) is 47.0 Å². The van der Waals surface area contributed by atoms with Crippen LogP contribution >= 0.6 is 11.9 Å². The maximum atomic E-state index is 12.4. The zero-order valence-electron chi connectivity index (χ0n) is 13.5. The number of fused-ring (bicyclic) bond motifs is 2. The Labute approximate surface area is 146 Å². The van der Waals surface area contributed by atoms with Gasteiger partial charge >= 0.3 is 6.03 Å². The van der Waals surface area contributed by atoms with Gasteiger partial charge in [0, 0.05) is 16.3 Å². The second kappa shape index (κ2) is 6.40. The number of hydrogen-bond donors (Lipinski definition) is 3. The van der Waals surface area contributed by atoms with Gasteiger partial charge in [0.05, 0.1) is 0 Å². The lowest BCUT2D eigenvalue weighted by Gasteiger charge is -2.16. The Morgan fingerprint density at radius 3 is 2.38 bits per heavy atom. The van der Waals surface area contributed by atoms with Crippen LogP contribution in [0.4, 0.5) is 16.2 Å². The van der Waals surface area contributed by atoms with Crippen molar-refractivity contribution in [2.45, 2.75) is 43.4 Å². The van der Waals surface area contributed by atoms with Crippen LogP contribution in [0.15, 0.2) is 35.2 Å². The van der Waals surface area contributed by atoms with Crippen LogP contribution in [0.25, 0.3) is 0 Å². The van der Waals surface area contributed by atoms with Crippen molar-refractivity contribution in [2.24, 2.45) is 0 Å². The minimum Gasteiger partial charge on any atom is -0.399 e. The zero-order valence-corrected chi connectivity index (χ0v) is 14.3. The highest BCUT2D eigenvalue weighted by Gasteiger charge is 2.24. The highest BCUT2D eigenvalue weighted by Crippen LogP contribution is 2.38. The van der Waals surface area contributed by atoms with Crippen LogP contribution in [0, 0.1) is 0 Å². The van der Waals surface area contributed by atoms with Gasteiger partial charge in [-0.25, -0.2) is 4.79 Å². The van der Waals surface area contributed by atoms with E-state index in [2.05, 4.69) is 16.1 Å². The second-order valence-corrected chi connectivity index (χ2v) is 7.34. The van der Waals surface area contributed by atoms with Crippen molar-refractivity contribution < 1.29 is 4.79 Å². The number of nitrogen functional groups attached to an aromatic ring is 1. The summed E-state index contributed by atoms with van der Waals surface area (Å²) in [5.41, 5.74) is 13.1. The first-order chi connectivity index (χ1) is 11.7. The van der Waals surface area contributed by atoms with Crippen LogP contribution in [0.3, 0.4) is 0 Å². The Bertz CT molecular complexity index is 771. The van der Waals surface area contributed by atoms with Crippen molar-refractivity contribution in [2.75, 3.05) is 11.1 Å². The summed E-state index contributed by atoms with van der Waals surface area (Å²) in [4.78, 5) is 13.3. The van der Waals surface area contributed by atoms with Crippen molar-refractivity contribution in [1.82, 2.24) is 4.72 Å². The fourth-order valence-corrected chi connectivity index (χ4v) is 4.39. The smallest absolute Gasteiger partial charge is 0.329 e. The molecule has 0 aliphatic heterocycles. The second-order valence-electron chi connectivity index (χ2n) is 6.46. The van der Waals surface area contributed by atoms with E-state index in [9.17, 15) is 4.79 Å². The van der Waals surface area contributed by atoms with Gasteiger partial charge in [-0.05, 0) is 90.9 Å². The van der Waals surface area contributed by atoms with Crippen LogP contribution < -0.4 is 15.8 Å². The summed E-state index contributed by atoms with van der Waals surface area (Å²) in [5, 5.41) is 3.13. The molecule has 2 aromatic rings. The van der Waals surface area contributed by atoms with Crippen molar-refractivity contribution in [3.8, 4) is 0 Å². The number of carbonyl (C=O) groups excluding carboxylic acids is 1. The molecule has 0 unspecified atom stereocenters. The number of benzene rings is 2. The summed E-state index contributed by atoms with van der Waals surface area (Å²) in [6.07, 6.45) is 6.79. The molecule has 2 aliphatic rings. The molecular formula is C19H21N3OS.